The molecule has 0 N–H and O–H groups in total. The van der Waals surface area contributed by atoms with Crippen molar-refractivity contribution in [1.82, 2.24) is 9.97 Å². The molecular weight excluding hydrogens is 499 g/mol. The van der Waals surface area contributed by atoms with E-state index in [2.05, 4.69) is 0 Å². The minimum absolute atomic E-state index is 0.566. The van der Waals surface area contributed by atoms with Crippen LogP contribution in [0.15, 0.2) is 140 Å². The molecule has 186 valence electrons. The summed E-state index contributed by atoms with van der Waals surface area (Å²) in [5.74, 6) is 1.78. The molecule has 1 aromatic heterocycles. The van der Waals surface area contributed by atoms with E-state index in [4.69, 9.17) is 14.7 Å². The highest BCUT2D eigenvalue weighted by molar-refractivity contribution is 7.85. The minimum Gasteiger partial charge on any atom is -0.456 e. The number of hydrogen-bond acceptors (Lipinski definition) is 4. The summed E-state index contributed by atoms with van der Waals surface area (Å²) in [6.45, 7) is 0. The van der Waals surface area contributed by atoms with Gasteiger partial charge in [0, 0.05) is 22.0 Å². The van der Waals surface area contributed by atoms with Crippen LogP contribution in [-0.2, 0) is 4.57 Å². The van der Waals surface area contributed by atoms with Crippen molar-refractivity contribution in [2.24, 2.45) is 0 Å². The standard InChI is InChI=1S/C34H23N2O2P/c37-39(27-16-8-3-9-17-27)32-19-11-10-18-30(32)38-31-21-20-26(22-33(31)39)34-35-28(24-12-4-1-5-13-24)23-29(36-34)25-14-6-2-7-15-25/h1-23H. The van der Waals surface area contributed by atoms with Crippen LogP contribution in [0.5, 0.6) is 11.5 Å². The van der Waals surface area contributed by atoms with E-state index < -0.39 is 7.14 Å². The molecule has 7 rings (SSSR count). The average Bonchev–Trinajstić information content (AvgIpc) is 3.02. The normalized spacial score (nSPS) is 15.6. The van der Waals surface area contributed by atoms with Crippen LogP contribution >= 0.6 is 7.14 Å². The van der Waals surface area contributed by atoms with Gasteiger partial charge in [-0.2, -0.15) is 0 Å². The van der Waals surface area contributed by atoms with Crippen LogP contribution in [0, 0.1) is 0 Å². The highest BCUT2D eigenvalue weighted by Gasteiger charge is 2.39. The van der Waals surface area contributed by atoms with Crippen molar-refractivity contribution in [3.05, 3.63) is 140 Å². The Labute approximate surface area is 227 Å². The fraction of sp³-hybridized carbons (Fsp3) is 0. The summed E-state index contributed by atoms with van der Waals surface area (Å²) in [5.41, 5.74) is 4.44. The molecule has 4 nitrogen and oxygen atoms in total. The van der Waals surface area contributed by atoms with E-state index in [-0.39, 0.29) is 0 Å². The zero-order valence-electron chi connectivity index (χ0n) is 20.9. The third kappa shape index (κ3) is 4.06. The summed E-state index contributed by atoms with van der Waals surface area (Å²) in [7, 11) is -3.21. The Balaban J connectivity index is 1.45. The van der Waals surface area contributed by atoms with Crippen molar-refractivity contribution in [2.75, 3.05) is 0 Å². The maximum absolute atomic E-state index is 15.1. The van der Waals surface area contributed by atoms with Gasteiger partial charge < -0.3 is 9.30 Å². The fourth-order valence-corrected chi connectivity index (χ4v) is 7.93. The predicted molar refractivity (Wildman–Crippen MR) is 158 cm³/mol. The Morgan fingerprint density at radius 1 is 0.487 bits per heavy atom. The molecule has 1 aliphatic heterocycles. The van der Waals surface area contributed by atoms with Crippen molar-refractivity contribution < 1.29 is 9.30 Å². The molecule has 1 aliphatic rings. The van der Waals surface area contributed by atoms with E-state index >= 15 is 4.57 Å². The monoisotopic (exact) mass is 522 g/mol. The lowest BCUT2D eigenvalue weighted by molar-refractivity contribution is 0.485. The molecule has 0 radical (unpaired) electrons. The lowest BCUT2D eigenvalue weighted by Crippen LogP contribution is -2.30. The summed E-state index contributed by atoms with van der Waals surface area (Å²) in [6, 6.07) is 45.2. The third-order valence-electron chi connectivity index (χ3n) is 6.97. The highest BCUT2D eigenvalue weighted by atomic mass is 31.2. The SMILES string of the molecule is O=P1(c2ccccc2)c2ccccc2Oc2ccc(-c3nc(-c4ccccc4)cc(-c4ccccc4)n3)cc21. The first-order valence-corrected chi connectivity index (χ1v) is 14.5. The number of aromatic nitrogens is 2. The van der Waals surface area contributed by atoms with Gasteiger partial charge in [0.1, 0.15) is 11.5 Å². The molecule has 0 saturated heterocycles. The number of nitrogens with zero attached hydrogens (tertiary/aromatic N) is 2. The first-order valence-electron chi connectivity index (χ1n) is 12.8. The third-order valence-corrected chi connectivity index (χ3v) is 10.1. The van der Waals surface area contributed by atoms with E-state index in [1.807, 2.05) is 140 Å². The van der Waals surface area contributed by atoms with Gasteiger partial charge in [0.15, 0.2) is 13.0 Å². The zero-order chi connectivity index (χ0) is 26.2. The van der Waals surface area contributed by atoms with Gasteiger partial charge >= 0.3 is 0 Å². The van der Waals surface area contributed by atoms with Crippen LogP contribution in [0.4, 0.5) is 0 Å². The predicted octanol–water partition coefficient (Wildman–Crippen LogP) is 7.22. The van der Waals surface area contributed by atoms with Crippen molar-refractivity contribution in [1.29, 1.82) is 0 Å². The van der Waals surface area contributed by atoms with Crippen LogP contribution in [0.1, 0.15) is 0 Å². The molecule has 0 aliphatic carbocycles. The first-order chi connectivity index (χ1) is 19.2. The molecule has 0 amide bonds. The van der Waals surface area contributed by atoms with E-state index in [0.29, 0.717) is 27.9 Å². The molecule has 0 saturated carbocycles. The average molecular weight is 523 g/mol. The molecule has 5 aromatic carbocycles. The van der Waals surface area contributed by atoms with E-state index in [1.165, 1.54) is 0 Å². The molecule has 1 unspecified atom stereocenters. The molecule has 0 bridgehead atoms. The summed E-state index contributed by atoms with van der Waals surface area (Å²) in [5, 5.41) is 2.12. The Bertz CT molecular complexity index is 1800. The minimum atomic E-state index is -3.21. The van der Waals surface area contributed by atoms with Gasteiger partial charge in [-0.15, -0.1) is 0 Å². The lowest BCUT2D eigenvalue weighted by atomic mass is 10.1. The Morgan fingerprint density at radius 2 is 1.03 bits per heavy atom. The van der Waals surface area contributed by atoms with Crippen molar-refractivity contribution >= 4 is 23.1 Å². The highest BCUT2D eigenvalue weighted by Crippen LogP contribution is 2.51. The van der Waals surface area contributed by atoms with E-state index in [1.54, 1.807) is 0 Å². The Kier molecular flexibility index (Phi) is 5.69. The first kappa shape index (κ1) is 23.3. The van der Waals surface area contributed by atoms with Crippen molar-refractivity contribution in [3.8, 4) is 45.4 Å². The zero-order valence-corrected chi connectivity index (χ0v) is 21.8. The van der Waals surface area contributed by atoms with Gasteiger partial charge in [-0.3, -0.25) is 0 Å². The number of hydrogen-bond donors (Lipinski definition) is 0. The molecule has 2 heterocycles. The van der Waals surface area contributed by atoms with Gasteiger partial charge in [-0.25, -0.2) is 9.97 Å². The largest absolute Gasteiger partial charge is 0.456 e. The van der Waals surface area contributed by atoms with Crippen molar-refractivity contribution in [3.63, 3.8) is 0 Å². The molecule has 39 heavy (non-hydrogen) atoms. The van der Waals surface area contributed by atoms with E-state index in [9.17, 15) is 0 Å². The fourth-order valence-electron chi connectivity index (χ4n) is 5.05. The molecule has 0 spiro atoms. The molecular formula is C34H23N2O2P. The lowest BCUT2D eigenvalue weighted by Gasteiger charge is -2.29. The van der Waals surface area contributed by atoms with Crippen LogP contribution in [0.3, 0.4) is 0 Å². The van der Waals surface area contributed by atoms with Gasteiger partial charge in [-0.05, 0) is 36.4 Å². The Morgan fingerprint density at radius 3 is 1.67 bits per heavy atom. The molecule has 0 fully saturated rings. The van der Waals surface area contributed by atoms with Gasteiger partial charge in [0.25, 0.3) is 0 Å². The van der Waals surface area contributed by atoms with Crippen molar-refractivity contribution in [2.45, 2.75) is 0 Å². The van der Waals surface area contributed by atoms with Gasteiger partial charge in [0.05, 0.1) is 22.0 Å². The number of benzene rings is 5. The number of rotatable bonds is 4. The summed E-state index contributed by atoms with van der Waals surface area (Å²) < 4.78 is 21.4. The second kappa shape index (κ2) is 9.50. The summed E-state index contributed by atoms with van der Waals surface area (Å²) >= 11 is 0. The van der Waals surface area contributed by atoms with Gasteiger partial charge in [0.2, 0.25) is 0 Å². The smallest absolute Gasteiger partial charge is 0.178 e. The number of para-hydroxylation sites is 1. The Hall–Kier alpha value is -4.79. The van der Waals surface area contributed by atoms with E-state index in [0.717, 1.165) is 33.4 Å². The molecule has 6 aromatic rings. The summed E-state index contributed by atoms with van der Waals surface area (Å²) in [6.07, 6.45) is 0. The topological polar surface area (TPSA) is 52.1 Å². The molecule has 1 atom stereocenters. The van der Waals surface area contributed by atoms with Crippen LogP contribution in [0.2, 0.25) is 0 Å². The van der Waals surface area contributed by atoms with Crippen LogP contribution in [-0.4, -0.2) is 9.97 Å². The maximum Gasteiger partial charge on any atom is 0.178 e. The van der Waals surface area contributed by atoms with Crippen LogP contribution in [0.25, 0.3) is 33.9 Å². The second-order valence-corrected chi connectivity index (χ2v) is 12.1. The molecule has 5 heteroatoms. The van der Waals surface area contributed by atoms with Crippen LogP contribution < -0.4 is 20.7 Å². The number of fused-ring (bicyclic) bond motifs is 2. The quantitative estimate of drug-likeness (QED) is 0.229. The van der Waals surface area contributed by atoms with Gasteiger partial charge in [-0.1, -0.05) is 103 Å². The number of ether oxygens (including phenoxy) is 1. The second-order valence-electron chi connectivity index (χ2n) is 9.39. The summed E-state index contributed by atoms with van der Waals surface area (Å²) in [4.78, 5) is 9.94. The maximum atomic E-state index is 15.1.